The van der Waals surface area contributed by atoms with Crippen LogP contribution in [0, 0.1) is 5.92 Å². The summed E-state index contributed by atoms with van der Waals surface area (Å²) >= 11 is 0. The Labute approximate surface area is 214 Å². The van der Waals surface area contributed by atoms with E-state index < -0.39 is 0 Å². The highest BCUT2D eigenvalue weighted by Crippen LogP contribution is 2.23. The molecule has 0 bridgehead atoms. The summed E-state index contributed by atoms with van der Waals surface area (Å²) in [6.45, 7) is 2.88. The molecule has 1 aliphatic heterocycles. The predicted octanol–water partition coefficient (Wildman–Crippen LogP) is 3.65. The maximum Gasteiger partial charge on any atom is 0.295 e. The van der Waals surface area contributed by atoms with E-state index in [0.717, 1.165) is 18.4 Å². The van der Waals surface area contributed by atoms with Crippen molar-refractivity contribution >= 4 is 40.2 Å². The van der Waals surface area contributed by atoms with Gasteiger partial charge in [-0.05, 0) is 54.8 Å². The van der Waals surface area contributed by atoms with Crippen molar-refractivity contribution in [1.29, 1.82) is 0 Å². The molecular formula is C28H28N6O3. The Morgan fingerprint density at radius 1 is 0.973 bits per heavy atom. The number of hydrogen-bond acceptors (Lipinski definition) is 6. The third-order valence-corrected chi connectivity index (χ3v) is 6.43. The Kier molecular flexibility index (Phi) is 6.93. The van der Waals surface area contributed by atoms with Gasteiger partial charge < -0.3 is 15.5 Å². The number of nitrogens with zero attached hydrogens (tertiary/aromatic N) is 4. The molecule has 1 saturated heterocycles. The SMILES string of the molecule is CC(=O)Nc1ccc(NC(=O)C2CCCN(c3nc4cccnc4n(Cc4ccccc4)c3=O)C2)cc1. The molecule has 37 heavy (non-hydrogen) atoms. The van der Waals surface area contributed by atoms with Gasteiger partial charge in [-0.1, -0.05) is 30.3 Å². The number of pyridine rings is 1. The summed E-state index contributed by atoms with van der Waals surface area (Å²) in [7, 11) is 0. The largest absolute Gasteiger partial charge is 0.351 e. The average molecular weight is 497 g/mol. The van der Waals surface area contributed by atoms with Gasteiger partial charge in [0.05, 0.1) is 12.5 Å². The van der Waals surface area contributed by atoms with E-state index in [0.29, 0.717) is 48.0 Å². The molecule has 9 heteroatoms. The molecule has 1 unspecified atom stereocenters. The lowest BCUT2D eigenvalue weighted by molar-refractivity contribution is -0.120. The molecule has 0 radical (unpaired) electrons. The van der Waals surface area contributed by atoms with Crippen LogP contribution < -0.4 is 21.1 Å². The molecule has 4 aromatic rings. The molecule has 2 amide bonds. The van der Waals surface area contributed by atoms with Crippen LogP contribution >= 0.6 is 0 Å². The maximum absolute atomic E-state index is 13.7. The topological polar surface area (TPSA) is 109 Å². The number of rotatable bonds is 6. The third kappa shape index (κ3) is 5.50. The molecule has 1 fully saturated rings. The third-order valence-electron chi connectivity index (χ3n) is 6.43. The minimum Gasteiger partial charge on any atom is -0.351 e. The molecule has 0 spiro atoms. The summed E-state index contributed by atoms with van der Waals surface area (Å²) in [5.74, 6) is -0.213. The number of aromatic nitrogens is 3. The standard InChI is InChI=1S/C28H28N6O3/c1-19(35)30-22-11-13-23(14-12-22)31-27(36)21-9-6-16-33(18-21)26-28(37)34(17-20-7-3-2-4-8-20)25-24(32-26)10-5-15-29-25/h2-5,7-8,10-15,21H,6,9,16-18H2,1H3,(H,30,35)(H,31,36). The number of carbonyl (C=O) groups excluding carboxylic acids is 2. The second-order valence-electron chi connectivity index (χ2n) is 9.19. The zero-order valence-corrected chi connectivity index (χ0v) is 20.6. The van der Waals surface area contributed by atoms with Crippen molar-refractivity contribution in [3.05, 3.63) is 88.8 Å². The second-order valence-corrected chi connectivity index (χ2v) is 9.19. The summed E-state index contributed by atoms with van der Waals surface area (Å²) in [5, 5.41) is 5.67. The number of fused-ring (bicyclic) bond motifs is 1. The van der Waals surface area contributed by atoms with E-state index in [9.17, 15) is 14.4 Å². The van der Waals surface area contributed by atoms with E-state index in [-0.39, 0.29) is 23.3 Å². The molecule has 0 saturated carbocycles. The van der Waals surface area contributed by atoms with Crippen LogP contribution in [-0.4, -0.2) is 39.4 Å². The first-order valence-corrected chi connectivity index (χ1v) is 12.3. The first kappa shape index (κ1) is 24.2. The van der Waals surface area contributed by atoms with Crippen molar-refractivity contribution in [3.8, 4) is 0 Å². The van der Waals surface area contributed by atoms with Crippen molar-refractivity contribution in [3.63, 3.8) is 0 Å². The first-order chi connectivity index (χ1) is 18.0. The Morgan fingerprint density at radius 2 is 1.70 bits per heavy atom. The van der Waals surface area contributed by atoms with Crippen LogP contribution in [0.5, 0.6) is 0 Å². The van der Waals surface area contributed by atoms with Crippen molar-refractivity contribution < 1.29 is 9.59 Å². The number of nitrogens with one attached hydrogen (secondary N) is 2. The highest BCUT2D eigenvalue weighted by molar-refractivity contribution is 5.94. The molecule has 1 atom stereocenters. The smallest absolute Gasteiger partial charge is 0.295 e. The van der Waals surface area contributed by atoms with Crippen LogP contribution in [0.25, 0.3) is 11.2 Å². The van der Waals surface area contributed by atoms with Gasteiger partial charge in [-0.15, -0.1) is 0 Å². The fraction of sp³-hybridized carbons (Fsp3) is 0.250. The predicted molar refractivity (Wildman–Crippen MR) is 144 cm³/mol. The summed E-state index contributed by atoms with van der Waals surface area (Å²) in [4.78, 5) is 49.0. The molecule has 3 heterocycles. The van der Waals surface area contributed by atoms with E-state index in [2.05, 4.69) is 20.6 Å². The van der Waals surface area contributed by atoms with Crippen molar-refractivity contribution in [2.45, 2.75) is 26.3 Å². The Bertz CT molecular complexity index is 1480. The number of carbonyl (C=O) groups is 2. The van der Waals surface area contributed by atoms with Gasteiger partial charge in [0.1, 0.15) is 5.52 Å². The molecule has 5 rings (SSSR count). The van der Waals surface area contributed by atoms with Gasteiger partial charge in [0.15, 0.2) is 11.5 Å². The Balaban J connectivity index is 1.37. The lowest BCUT2D eigenvalue weighted by atomic mass is 9.97. The van der Waals surface area contributed by atoms with Gasteiger partial charge in [-0.25, -0.2) is 9.97 Å². The van der Waals surface area contributed by atoms with Gasteiger partial charge in [0, 0.05) is 37.6 Å². The van der Waals surface area contributed by atoms with Gasteiger partial charge in [-0.2, -0.15) is 0 Å². The molecule has 2 aromatic carbocycles. The molecule has 9 nitrogen and oxygen atoms in total. The van der Waals surface area contributed by atoms with Crippen LogP contribution in [0.4, 0.5) is 17.2 Å². The zero-order valence-electron chi connectivity index (χ0n) is 20.6. The number of hydrogen-bond donors (Lipinski definition) is 2. The summed E-state index contributed by atoms with van der Waals surface area (Å²) < 4.78 is 1.66. The Morgan fingerprint density at radius 3 is 2.43 bits per heavy atom. The average Bonchev–Trinajstić information content (AvgIpc) is 2.91. The van der Waals surface area contributed by atoms with Crippen LogP contribution in [0.1, 0.15) is 25.3 Å². The number of benzene rings is 2. The van der Waals surface area contributed by atoms with Gasteiger partial charge in [0.2, 0.25) is 11.8 Å². The summed E-state index contributed by atoms with van der Waals surface area (Å²) in [6.07, 6.45) is 3.15. The van der Waals surface area contributed by atoms with E-state index in [1.807, 2.05) is 41.3 Å². The lowest BCUT2D eigenvalue weighted by Crippen LogP contribution is -2.44. The van der Waals surface area contributed by atoms with E-state index >= 15 is 0 Å². The highest BCUT2D eigenvalue weighted by Gasteiger charge is 2.29. The lowest BCUT2D eigenvalue weighted by Gasteiger charge is -2.32. The molecule has 2 aromatic heterocycles. The maximum atomic E-state index is 13.7. The number of piperidine rings is 1. The monoisotopic (exact) mass is 496 g/mol. The van der Waals surface area contributed by atoms with Crippen molar-refractivity contribution in [2.75, 3.05) is 28.6 Å². The van der Waals surface area contributed by atoms with Crippen LogP contribution in [-0.2, 0) is 16.1 Å². The normalized spacial score (nSPS) is 15.4. The van der Waals surface area contributed by atoms with Crippen molar-refractivity contribution in [1.82, 2.24) is 14.5 Å². The van der Waals surface area contributed by atoms with Gasteiger partial charge in [0.25, 0.3) is 5.56 Å². The Hall–Kier alpha value is -4.53. The van der Waals surface area contributed by atoms with E-state index in [1.54, 1.807) is 41.1 Å². The quantitative estimate of drug-likeness (QED) is 0.422. The van der Waals surface area contributed by atoms with Gasteiger partial charge in [-0.3, -0.25) is 19.0 Å². The number of anilines is 3. The minimum atomic E-state index is -0.294. The summed E-state index contributed by atoms with van der Waals surface area (Å²) in [6, 6.07) is 20.4. The van der Waals surface area contributed by atoms with Crippen LogP contribution in [0.3, 0.4) is 0 Å². The van der Waals surface area contributed by atoms with E-state index in [4.69, 9.17) is 0 Å². The molecule has 0 aliphatic carbocycles. The first-order valence-electron chi connectivity index (χ1n) is 12.3. The van der Waals surface area contributed by atoms with Crippen molar-refractivity contribution in [2.24, 2.45) is 5.92 Å². The fourth-order valence-electron chi connectivity index (χ4n) is 4.65. The minimum absolute atomic E-state index is 0.107. The molecule has 188 valence electrons. The molecular weight excluding hydrogens is 468 g/mol. The molecule has 2 N–H and O–H groups in total. The zero-order chi connectivity index (χ0) is 25.8. The highest BCUT2D eigenvalue weighted by atomic mass is 16.2. The van der Waals surface area contributed by atoms with Gasteiger partial charge >= 0.3 is 0 Å². The second kappa shape index (κ2) is 10.6. The summed E-state index contributed by atoms with van der Waals surface area (Å²) in [5.41, 5.74) is 3.26. The molecule has 1 aliphatic rings. The fourth-order valence-corrected chi connectivity index (χ4v) is 4.65. The van der Waals surface area contributed by atoms with Crippen LogP contribution in [0.2, 0.25) is 0 Å². The van der Waals surface area contributed by atoms with Crippen LogP contribution in [0.15, 0.2) is 77.7 Å². The van der Waals surface area contributed by atoms with E-state index in [1.165, 1.54) is 6.92 Å². The number of amides is 2.